The van der Waals surface area contributed by atoms with Crippen molar-refractivity contribution in [1.29, 1.82) is 0 Å². The minimum absolute atomic E-state index is 0.813. The van der Waals surface area contributed by atoms with Crippen molar-refractivity contribution in [2.24, 2.45) is 0 Å². The molecule has 3 nitrogen and oxygen atoms in total. The van der Waals surface area contributed by atoms with E-state index in [1.807, 2.05) is 23.6 Å². The molecule has 0 N–H and O–H groups in total. The van der Waals surface area contributed by atoms with Crippen LogP contribution in [0, 0.1) is 6.92 Å². The SMILES string of the molecule is COc1c(C)ccn2cnc(Br)c12. The number of nitrogens with zero attached hydrogens (tertiary/aromatic N) is 2. The van der Waals surface area contributed by atoms with Crippen LogP contribution in [0.3, 0.4) is 0 Å². The maximum atomic E-state index is 5.31. The van der Waals surface area contributed by atoms with Gasteiger partial charge in [0, 0.05) is 6.20 Å². The molecule has 0 saturated heterocycles. The lowest BCUT2D eigenvalue weighted by atomic mass is 10.2. The van der Waals surface area contributed by atoms with Gasteiger partial charge in [-0.2, -0.15) is 0 Å². The fraction of sp³-hybridized carbons (Fsp3) is 0.222. The van der Waals surface area contributed by atoms with Gasteiger partial charge in [0.2, 0.25) is 0 Å². The second kappa shape index (κ2) is 3.03. The van der Waals surface area contributed by atoms with Crippen LogP contribution in [0.2, 0.25) is 0 Å². The summed E-state index contributed by atoms with van der Waals surface area (Å²) in [6.07, 6.45) is 3.71. The van der Waals surface area contributed by atoms with Crippen molar-refractivity contribution in [2.45, 2.75) is 6.92 Å². The number of methoxy groups -OCH3 is 1. The molecule has 13 heavy (non-hydrogen) atoms. The molecule has 0 aliphatic carbocycles. The maximum absolute atomic E-state index is 5.31. The van der Waals surface area contributed by atoms with Crippen LogP contribution in [0.5, 0.6) is 5.75 Å². The molecule has 2 heterocycles. The number of halogens is 1. The smallest absolute Gasteiger partial charge is 0.148 e. The third kappa shape index (κ3) is 1.21. The minimum atomic E-state index is 0.813. The van der Waals surface area contributed by atoms with E-state index in [-0.39, 0.29) is 0 Å². The summed E-state index contributed by atoms with van der Waals surface area (Å²) in [5.74, 6) is 0.867. The van der Waals surface area contributed by atoms with Gasteiger partial charge in [0.05, 0.1) is 7.11 Å². The van der Waals surface area contributed by atoms with Gasteiger partial charge in [-0.1, -0.05) is 0 Å². The van der Waals surface area contributed by atoms with Crippen molar-refractivity contribution >= 4 is 21.4 Å². The summed E-state index contributed by atoms with van der Waals surface area (Å²) < 4.78 is 8.05. The molecule has 0 fully saturated rings. The molecular weight excluding hydrogens is 232 g/mol. The van der Waals surface area contributed by atoms with E-state index >= 15 is 0 Å². The molecule has 2 rings (SSSR count). The van der Waals surface area contributed by atoms with E-state index in [4.69, 9.17) is 4.74 Å². The highest BCUT2D eigenvalue weighted by molar-refractivity contribution is 9.10. The monoisotopic (exact) mass is 240 g/mol. The fourth-order valence-corrected chi connectivity index (χ4v) is 1.85. The van der Waals surface area contributed by atoms with Crippen LogP contribution in [-0.4, -0.2) is 16.5 Å². The van der Waals surface area contributed by atoms with Crippen molar-refractivity contribution in [1.82, 2.24) is 9.38 Å². The molecule has 0 aliphatic rings. The molecule has 2 aromatic rings. The average molecular weight is 241 g/mol. The van der Waals surface area contributed by atoms with Gasteiger partial charge in [0.1, 0.15) is 22.2 Å². The summed E-state index contributed by atoms with van der Waals surface area (Å²) in [5, 5.41) is 0. The molecule has 0 radical (unpaired) electrons. The van der Waals surface area contributed by atoms with Crippen molar-refractivity contribution in [3.63, 3.8) is 0 Å². The summed E-state index contributed by atoms with van der Waals surface area (Å²) in [6.45, 7) is 2.01. The normalized spacial score (nSPS) is 10.7. The summed E-state index contributed by atoms with van der Waals surface area (Å²) in [4.78, 5) is 4.15. The Balaban J connectivity index is 2.88. The Labute approximate surface area is 84.5 Å². The number of fused-ring (bicyclic) bond motifs is 1. The molecular formula is C9H9BrN2O. The zero-order valence-corrected chi connectivity index (χ0v) is 9.00. The van der Waals surface area contributed by atoms with Crippen LogP contribution >= 0.6 is 15.9 Å². The topological polar surface area (TPSA) is 26.5 Å². The van der Waals surface area contributed by atoms with Crippen molar-refractivity contribution in [2.75, 3.05) is 7.11 Å². The zero-order chi connectivity index (χ0) is 9.42. The predicted molar refractivity (Wildman–Crippen MR) is 54.2 cm³/mol. The van der Waals surface area contributed by atoms with Crippen LogP contribution in [0.4, 0.5) is 0 Å². The number of imidazole rings is 1. The Bertz CT molecular complexity index is 450. The highest BCUT2D eigenvalue weighted by atomic mass is 79.9. The third-order valence-corrected chi connectivity index (χ3v) is 2.59. The quantitative estimate of drug-likeness (QED) is 0.766. The molecule has 0 aromatic carbocycles. The highest BCUT2D eigenvalue weighted by Gasteiger charge is 2.09. The van der Waals surface area contributed by atoms with Gasteiger partial charge >= 0.3 is 0 Å². The Morgan fingerprint density at radius 3 is 3.00 bits per heavy atom. The second-order valence-corrected chi connectivity index (χ2v) is 3.57. The van der Waals surface area contributed by atoms with Crippen LogP contribution in [0.15, 0.2) is 23.2 Å². The maximum Gasteiger partial charge on any atom is 0.148 e. The van der Waals surface area contributed by atoms with Gasteiger partial charge in [-0.25, -0.2) is 4.98 Å². The molecule has 0 saturated carbocycles. The van der Waals surface area contributed by atoms with Gasteiger partial charge in [-0.3, -0.25) is 0 Å². The first-order chi connectivity index (χ1) is 6.24. The van der Waals surface area contributed by atoms with Crippen LogP contribution in [-0.2, 0) is 0 Å². The molecule has 2 aromatic heterocycles. The van der Waals surface area contributed by atoms with Crippen LogP contribution in [0.1, 0.15) is 5.56 Å². The molecule has 4 heteroatoms. The highest BCUT2D eigenvalue weighted by Crippen LogP contribution is 2.29. The van der Waals surface area contributed by atoms with E-state index in [1.165, 1.54) is 0 Å². The van der Waals surface area contributed by atoms with Crippen molar-refractivity contribution in [3.05, 3.63) is 28.8 Å². The average Bonchev–Trinajstić information content (AvgIpc) is 2.49. The Hall–Kier alpha value is -1.03. The van der Waals surface area contributed by atoms with Gasteiger partial charge in [-0.15, -0.1) is 0 Å². The first-order valence-corrected chi connectivity index (χ1v) is 4.69. The molecule has 0 unspecified atom stereocenters. The summed E-state index contributed by atoms with van der Waals surface area (Å²) in [7, 11) is 1.67. The van der Waals surface area contributed by atoms with Crippen LogP contribution in [0.25, 0.3) is 5.52 Å². The largest absolute Gasteiger partial charge is 0.494 e. The first-order valence-electron chi connectivity index (χ1n) is 3.90. The van der Waals surface area contributed by atoms with E-state index in [1.54, 1.807) is 13.4 Å². The lowest BCUT2D eigenvalue weighted by Gasteiger charge is -2.06. The van der Waals surface area contributed by atoms with Gasteiger partial charge in [0.25, 0.3) is 0 Å². The van der Waals surface area contributed by atoms with E-state index < -0.39 is 0 Å². The number of ether oxygens (including phenoxy) is 1. The summed E-state index contributed by atoms with van der Waals surface area (Å²) >= 11 is 3.38. The lowest BCUT2D eigenvalue weighted by Crippen LogP contribution is -1.92. The molecule has 0 bridgehead atoms. The Kier molecular flexibility index (Phi) is 2.00. The van der Waals surface area contributed by atoms with Crippen molar-refractivity contribution in [3.8, 4) is 5.75 Å². The summed E-state index contributed by atoms with van der Waals surface area (Å²) in [6, 6.07) is 2.00. The lowest BCUT2D eigenvalue weighted by molar-refractivity contribution is 0.414. The number of rotatable bonds is 1. The number of pyridine rings is 1. The Morgan fingerprint density at radius 2 is 2.31 bits per heavy atom. The molecule has 68 valence electrons. The number of aromatic nitrogens is 2. The number of hydrogen-bond donors (Lipinski definition) is 0. The summed E-state index contributed by atoms with van der Waals surface area (Å²) in [5.41, 5.74) is 2.08. The van der Waals surface area contributed by atoms with Crippen LogP contribution < -0.4 is 4.74 Å². The third-order valence-electron chi connectivity index (χ3n) is 2.01. The standard InChI is InChI=1S/C9H9BrN2O/c1-6-3-4-12-5-11-9(10)7(12)8(6)13-2/h3-5H,1-2H3. The second-order valence-electron chi connectivity index (χ2n) is 2.82. The number of aryl methyl sites for hydroxylation is 1. The van der Waals surface area contributed by atoms with E-state index in [2.05, 4.69) is 20.9 Å². The zero-order valence-electron chi connectivity index (χ0n) is 7.41. The molecule has 0 amide bonds. The molecule has 0 aliphatic heterocycles. The fourth-order valence-electron chi connectivity index (χ4n) is 1.37. The van der Waals surface area contributed by atoms with Crippen molar-refractivity contribution < 1.29 is 4.74 Å². The van der Waals surface area contributed by atoms with Gasteiger partial charge in [0.15, 0.2) is 0 Å². The molecule has 0 spiro atoms. The predicted octanol–water partition coefficient (Wildman–Crippen LogP) is 2.41. The van der Waals surface area contributed by atoms with E-state index in [0.29, 0.717) is 0 Å². The van der Waals surface area contributed by atoms with Gasteiger partial charge in [-0.05, 0) is 34.5 Å². The van der Waals surface area contributed by atoms with E-state index in [9.17, 15) is 0 Å². The molecule has 0 atom stereocenters. The Morgan fingerprint density at radius 1 is 1.54 bits per heavy atom. The first kappa shape index (κ1) is 8.56. The number of hydrogen-bond acceptors (Lipinski definition) is 2. The van der Waals surface area contributed by atoms with Gasteiger partial charge < -0.3 is 9.14 Å². The minimum Gasteiger partial charge on any atom is -0.494 e. The van der Waals surface area contributed by atoms with E-state index in [0.717, 1.165) is 21.4 Å².